The van der Waals surface area contributed by atoms with Crippen molar-refractivity contribution in [2.75, 3.05) is 179 Å². The molecule has 1 unspecified atom stereocenters. The highest BCUT2D eigenvalue weighted by Gasteiger charge is 2.31. The van der Waals surface area contributed by atoms with Crippen LogP contribution in [0.3, 0.4) is 0 Å². The van der Waals surface area contributed by atoms with Crippen molar-refractivity contribution in [3.63, 3.8) is 0 Å². The lowest BCUT2D eigenvalue weighted by Gasteiger charge is -2.33. The van der Waals surface area contributed by atoms with E-state index < -0.39 is 21.0 Å². The molecule has 0 radical (unpaired) electrons. The van der Waals surface area contributed by atoms with Crippen molar-refractivity contribution >= 4 is 9.84 Å². The monoisotopic (exact) mass is 1880 g/mol. The predicted octanol–water partition coefficient (Wildman–Crippen LogP) is 28.2. The molecule has 15 nitrogen and oxygen atoms in total. The first-order valence-corrected chi connectivity index (χ1v) is 57.1. The number of hydrogen-bond acceptors (Lipinski definition) is 15. The topological polar surface area (TPSA) is 151 Å². The molecule has 784 valence electrons. The largest absolute Gasteiger partial charge is 0.396 e. The number of ether oxygens (including phenoxy) is 4. The first-order valence-electron chi connectivity index (χ1n) is 55.0. The van der Waals surface area contributed by atoms with E-state index in [1.807, 2.05) is 52.0 Å². The van der Waals surface area contributed by atoms with E-state index in [1.165, 1.54) is 296 Å². The van der Waals surface area contributed by atoms with Crippen LogP contribution in [0.15, 0.2) is 60.7 Å². The molecule has 11 fully saturated rings. The normalized spacial score (nSPS) is 20.9. The number of unbranched alkanes of at least 4 members (excludes halogenated alkanes) is 3. The summed E-state index contributed by atoms with van der Waals surface area (Å²) in [5.74, 6) is 10.9. The van der Waals surface area contributed by atoms with Crippen LogP contribution in [-0.2, 0) is 41.0 Å². The average molecular weight is 1880 g/mol. The van der Waals surface area contributed by atoms with E-state index in [9.17, 15) is 8.42 Å². The third-order valence-electron chi connectivity index (χ3n) is 26.2. The number of hydrogen-bond donors (Lipinski definition) is 3. The van der Waals surface area contributed by atoms with Gasteiger partial charge in [0, 0.05) is 85.1 Å². The molecule has 3 saturated carbocycles. The van der Waals surface area contributed by atoms with Gasteiger partial charge in [0.25, 0.3) is 0 Å². The molecule has 3 N–H and O–H groups in total. The van der Waals surface area contributed by atoms with Crippen molar-refractivity contribution in [3.8, 4) is 0 Å². The van der Waals surface area contributed by atoms with E-state index in [0.717, 1.165) is 155 Å². The Morgan fingerprint density at radius 1 is 0.397 bits per heavy atom. The summed E-state index contributed by atoms with van der Waals surface area (Å²) in [6.07, 6.45) is 47.7. The summed E-state index contributed by atoms with van der Waals surface area (Å²) in [5, 5.41) is 25.7. The maximum Gasteiger partial charge on any atom is 0.151 e. The summed E-state index contributed by atoms with van der Waals surface area (Å²) in [6, 6.07) is 20.6. The average Bonchev–Trinajstić information content (AvgIpc) is 1.71. The molecule has 11 aliphatic rings. The van der Waals surface area contributed by atoms with E-state index in [4.69, 9.17) is 34.3 Å². The molecule has 3 aliphatic carbocycles. The molecule has 0 aromatic heterocycles. The lowest BCUT2D eigenvalue weighted by Crippen LogP contribution is -2.41. The molecule has 8 saturated heterocycles. The Bertz CT molecular complexity index is 2570. The van der Waals surface area contributed by atoms with Crippen molar-refractivity contribution < 1.29 is 42.7 Å². The summed E-state index contributed by atoms with van der Waals surface area (Å²) < 4.78 is 41.1. The van der Waals surface area contributed by atoms with E-state index in [2.05, 4.69) is 206 Å². The number of sulfone groups is 1. The molecule has 0 amide bonds. The van der Waals surface area contributed by atoms with Gasteiger partial charge in [-0.2, -0.15) is 0 Å². The highest BCUT2D eigenvalue weighted by molar-refractivity contribution is 7.89. The molecule has 8 heterocycles. The third kappa shape index (κ3) is 99.3. The highest BCUT2D eigenvalue weighted by Crippen LogP contribution is 2.32. The molecule has 131 heavy (non-hydrogen) atoms. The molecule has 2 aromatic carbocycles. The summed E-state index contributed by atoms with van der Waals surface area (Å²) in [4.78, 5) is 15.1. The first-order chi connectivity index (χ1) is 62.3. The van der Waals surface area contributed by atoms with Crippen LogP contribution in [0.5, 0.6) is 0 Å². The maximum absolute atomic E-state index is 10.8. The summed E-state index contributed by atoms with van der Waals surface area (Å²) in [6.45, 7) is 82.3. The summed E-state index contributed by atoms with van der Waals surface area (Å²) in [7, 11) is 4.92. The van der Waals surface area contributed by atoms with Gasteiger partial charge in [0.2, 0.25) is 0 Å². The SMILES string of the molecule is CC1CCC1.CC1CCN(C)CC1.CC1CCN(C2CC2)CC1.CC1CN(C)C1.CCC(C)(C)O.CCC1CCC(C)CC1.CCC1CCOC1.CCC1COC1.CCCC(C)(C)O.CCCCC.CCCCOC.CCCN1CCC(C)CC1.CCCN1CC[C@@H](C)C1.CCCO.CCCOC.CCN1CCC(C)CC1.CCc1ccccc1.CS(=O)(=O)Cc1ccccc1. The fraction of sp³-hybridized carbons (Fsp3) is 0.896. The summed E-state index contributed by atoms with van der Waals surface area (Å²) in [5.41, 5.74) is 1.34. The smallest absolute Gasteiger partial charge is 0.151 e. The predicted molar refractivity (Wildman–Crippen MR) is 580 cm³/mol. The van der Waals surface area contributed by atoms with Crippen LogP contribution in [0, 0.1) is 65.1 Å². The number of aliphatic hydroxyl groups is 3. The van der Waals surface area contributed by atoms with Crippen molar-refractivity contribution in [2.24, 2.45) is 65.1 Å². The Balaban J connectivity index is -0.000000430. The number of likely N-dealkylation sites (tertiary alicyclic amines) is 6. The number of benzene rings is 2. The van der Waals surface area contributed by atoms with E-state index in [0.29, 0.717) is 6.61 Å². The number of nitrogens with zero attached hydrogens (tertiary/aromatic N) is 6. The second-order valence-corrected chi connectivity index (χ2v) is 44.3. The zero-order chi connectivity index (χ0) is 100.0. The van der Waals surface area contributed by atoms with Crippen LogP contribution in [-0.4, -0.2) is 249 Å². The van der Waals surface area contributed by atoms with Crippen LogP contribution in [0.4, 0.5) is 0 Å². The zero-order valence-corrected chi connectivity index (χ0v) is 94.4. The van der Waals surface area contributed by atoms with Crippen LogP contribution in [0.25, 0.3) is 0 Å². The van der Waals surface area contributed by atoms with Crippen LogP contribution >= 0.6 is 0 Å². The quantitative estimate of drug-likeness (QED) is 0.0905. The van der Waals surface area contributed by atoms with Gasteiger partial charge in [-0.05, 0) is 325 Å². The van der Waals surface area contributed by atoms with Gasteiger partial charge in [-0.1, -0.05) is 303 Å². The van der Waals surface area contributed by atoms with Gasteiger partial charge >= 0.3 is 0 Å². The first kappa shape index (κ1) is 137. The van der Waals surface area contributed by atoms with Crippen molar-refractivity contribution in [3.05, 3.63) is 71.8 Å². The Labute approximate surface area is 820 Å². The third-order valence-corrected chi connectivity index (χ3v) is 27.1. The Morgan fingerprint density at radius 3 is 1.03 bits per heavy atom. The lowest BCUT2D eigenvalue weighted by atomic mass is 9.82. The van der Waals surface area contributed by atoms with Gasteiger partial charge < -0.3 is 63.7 Å². The second kappa shape index (κ2) is 94.1. The van der Waals surface area contributed by atoms with Gasteiger partial charge in [0.1, 0.15) is 0 Å². The summed E-state index contributed by atoms with van der Waals surface area (Å²) >= 11 is 0. The van der Waals surface area contributed by atoms with Crippen LogP contribution in [0.2, 0.25) is 0 Å². The number of aliphatic hydroxyl groups excluding tert-OH is 1. The molecular weight excluding hydrogens is 1640 g/mol. The van der Waals surface area contributed by atoms with Crippen LogP contribution in [0.1, 0.15) is 409 Å². The molecule has 0 spiro atoms. The molecular formula is C115H234N6O9S. The van der Waals surface area contributed by atoms with Gasteiger partial charge in [-0.3, -0.25) is 0 Å². The minimum absolute atomic E-state index is 0.133. The van der Waals surface area contributed by atoms with Crippen molar-refractivity contribution in [1.82, 2.24) is 29.4 Å². The number of piperidine rings is 4. The minimum Gasteiger partial charge on any atom is -0.396 e. The number of rotatable bonds is 23. The number of methoxy groups -OCH3 is 2. The van der Waals surface area contributed by atoms with Crippen LogP contribution < -0.4 is 0 Å². The standard InChI is InChI=1S/C9H17N.C9H19N.C9H18.2C8H17N.C8H10O2S.C8H10.C7H15N.C6H12O.C6H14O.C5H11N.C5H10O.2C5H12O.C5H10.C5H12.C4H10O.C3H8O/c1-8-4-6-10(7-5-8)9-2-3-9;1-3-6-10-7-4-9(2)5-8-10;2*1-3-9-6-4-8(2)5-7-9;1-3-5-9-6-4-8(2)7-9;1-11(9,10)7-8-5-3-2-4-6-8;1-2-8-6-4-3-5-7-8;1-7-3-5-8(2)6-4-7;1-2-6-3-4-7-5-6;1-4-5-6(2,3)7;1-5-3-6(2)4-5;1-2-5-3-6-4-5;1-4-5(2,3)6;1-3-4-5-6-2;1-5-3-2-4-5;1-3-5-4-2;1-3-4-5-2;1-2-3-4/h8-9H,2-7H2,1H3;9H,3-8H2,1-2H3;8-9H,3-7H2,1-2H3;2*8H,3-7H2,1-2H3;2-6H,7H2,1H3;3-7H,2H2,1H3;7H,3-6H2,1-2H3;6H,2-5H2,1H3;7H,4-5H2,1-3H3;5H,3-4H2,1-2H3;5H,2-4H2,1H3;6H,4H2,1-3H3;3-5H2,1-2H3;5H,2-4H2,1H3;3-5H2,1-2H3;3-4H2,1-2H3;4H,2-3H2,1H3/t;;;;8-;;;;;;;;;;;;;/m....1............./s1. The number of aryl methyl sites for hydroxylation is 1. The molecule has 2 atom stereocenters. The second-order valence-electron chi connectivity index (χ2n) is 42.2. The zero-order valence-electron chi connectivity index (χ0n) is 93.6. The maximum atomic E-state index is 10.8. The molecule has 2 aromatic rings. The van der Waals surface area contributed by atoms with E-state index >= 15 is 0 Å². The Kier molecular flexibility index (Phi) is 98.7. The molecule has 16 heteroatoms. The van der Waals surface area contributed by atoms with Gasteiger partial charge in [0.15, 0.2) is 9.84 Å². The van der Waals surface area contributed by atoms with Crippen molar-refractivity contribution in [2.45, 2.75) is 428 Å². The fourth-order valence-corrected chi connectivity index (χ4v) is 16.1. The Hall–Kier alpha value is -2.13. The minimum atomic E-state index is -2.88. The van der Waals surface area contributed by atoms with E-state index in [-0.39, 0.29) is 5.75 Å². The van der Waals surface area contributed by atoms with Crippen molar-refractivity contribution in [1.29, 1.82) is 0 Å². The lowest BCUT2D eigenvalue weighted by molar-refractivity contribution is -0.0331. The molecule has 0 bridgehead atoms. The van der Waals surface area contributed by atoms with Gasteiger partial charge in [0.05, 0.1) is 30.2 Å². The van der Waals surface area contributed by atoms with Gasteiger partial charge in [-0.25, -0.2) is 8.42 Å². The molecule has 13 rings (SSSR count). The van der Waals surface area contributed by atoms with Gasteiger partial charge in [-0.15, -0.1) is 0 Å². The van der Waals surface area contributed by atoms with E-state index in [1.54, 1.807) is 40.2 Å². The fourth-order valence-electron chi connectivity index (χ4n) is 15.3. The molecule has 8 aliphatic heterocycles. The Morgan fingerprint density at radius 2 is 0.802 bits per heavy atom. The highest BCUT2D eigenvalue weighted by atomic mass is 32.2.